The van der Waals surface area contributed by atoms with Crippen molar-refractivity contribution in [3.8, 4) is 0 Å². The summed E-state index contributed by atoms with van der Waals surface area (Å²) in [6, 6.07) is 0. The van der Waals surface area contributed by atoms with Crippen molar-refractivity contribution < 1.29 is 4.79 Å². The van der Waals surface area contributed by atoms with Crippen molar-refractivity contribution in [2.45, 2.75) is 32.6 Å². The average Bonchev–Trinajstić information content (AvgIpc) is 2.85. The van der Waals surface area contributed by atoms with Crippen LogP contribution in [0.15, 0.2) is 11.6 Å². The number of nitrogens with two attached hydrogens (primary N) is 1. The molecule has 0 radical (unpaired) electrons. The summed E-state index contributed by atoms with van der Waals surface area (Å²) in [6.45, 7) is 4.61. The molecule has 0 saturated carbocycles. The third kappa shape index (κ3) is 4.34. The molecule has 0 spiro atoms. The van der Waals surface area contributed by atoms with Gasteiger partial charge in [-0.2, -0.15) is 0 Å². The summed E-state index contributed by atoms with van der Waals surface area (Å²) >= 11 is 6.52. The Morgan fingerprint density at radius 3 is 2.89 bits per heavy atom. The van der Waals surface area contributed by atoms with Crippen molar-refractivity contribution in [1.29, 1.82) is 0 Å². The number of amides is 1. The zero-order valence-electron chi connectivity index (χ0n) is 10.7. The fourth-order valence-electron chi connectivity index (χ4n) is 1.63. The van der Waals surface area contributed by atoms with Crippen LogP contribution in [0.25, 0.3) is 0 Å². The van der Waals surface area contributed by atoms with E-state index in [0.717, 1.165) is 11.4 Å². The third-order valence-electron chi connectivity index (χ3n) is 2.69. The molecule has 6 heteroatoms. The monoisotopic (exact) mass is 285 g/mol. The maximum atomic E-state index is 12.0. The molecule has 1 aromatic rings. The lowest BCUT2D eigenvalue weighted by atomic mass is 10.0. The van der Waals surface area contributed by atoms with Crippen LogP contribution in [0.2, 0.25) is 0 Å². The van der Waals surface area contributed by atoms with Crippen LogP contribution in [-0.2, 0) is 4.79 Å². The van der Waals surface area contributed by atoms with Gasteiger partial charge in [0.05, 0.1) is 15.9 Å². The first-order valence-corrected chi connectivity index (χ1v) is 7.31. The molecule has 1 heterocycles. The maximum Gasteiger partial charge on any atom is 0.229 e. The van der Waals surface area contributed by atoms with Crippen LogP contribution >= 0.6 is 23.6 Å². The Balaban J connectivity index is 2.46. The largest absolute Gasteiger partial charge is 0.393 e. The summed E-state index contributed by atoms with van der Waals surface area (Å²) in [5.41, 5.74) is 5.58. The summed E-state index contributed by atoms with van der Waals surface area (Å²) in [5.74, 6) is -0.219. The number of thiocarbonyl (C=S) groups is 1. The number of nitrogens with one attached hydrogen (secondary N) is 1. The molecule has 1 aromatic heterocycles. The number of aromatic nitrogens is 1. The van der Waals surface area contributed by atoms with Gasteiger partial charge in [-0.3, -0.25) is 4.79 Å². The summed E-state index contributed by atoms with van der Waals surface area (Å²) in [6.07, 6.45) is 3.36. The number of carbonyl (C=O) groups excluding carboxylic acids is 1. The standard InChI is InChI=1S/C12H19N3OS2/c1-3-4-9(10(13)17)11(16)15-7-8(2)12-14-5-6-18-12/h5-6,8-9H,3-4,7H2,1-2H3,(H2,13,17)(H,15,16). The van der Waals surface area contributed by atoms with Crippen LogP contribution in [-0.4, -0.2) is 22.4 Å². The molecule has 2 atom stereocenters. The van der Waals surface area contributed by atoms with Gasteiger partial charge >= 0.3 is 0 Å². The summed E-state index contributed by atoms with van der Waals surface area (Å²) in [5, 5.41) is 5.86. The lowest BCUT2D eigenvalue weighted by molar-refractivity contribution is -0.123. The van der Waals surface area contributed by atoms with Gasteiger partial charge in [0.2, 0.25) is 5.91 Å². The first-order valence-electron chi connectivity index (χ1n) is 6.02. The van der Waals surface area contributed by atoms with Gasteiger partial charge in [-0.1, -0.05) is 32.5 Å². The number of thiazole rings is 1. The van der Waals surface area contributed by atoms with Gasteiger partial charge in [0.25, 0.3) is 0 Å². The van der Waals surface area contributed by atoms with Crippen LogP contribution in [0.3, 0.4) is 0 Å². The Bertz CT molecular complexity index is 392. The quantitative estimate of drug-likeness (QED) is 0.753. The fourth-order valence-corrected chi connectivity index (χ4v) is 2.56. The predicted molar refractivity (Wildman–Crippen MR) is 78.7 cm³/mol. The van der Waals surface area contributed by atoms with Gasteiger partial charge in [0, 0.05) is 24.0 Å². The summed E-state index contributed by atoms with van der Waals surface area (Å²) < 4.78 is 0. The molecule has 18 heavy (non-hydrogen) atoms. The zero-order valence-corrected chi connectivity index (χ0v) is 12.3. The molecule has 1 amide bonds. The maximum absolute atomic E-state index is 12.0. The Morgan fingerprint density at radius 2 is 2.39 bits per heavy atom. The molecular formula is C12H19N3OS2. The highest BCUT2D eigenvalue weighted by Gasteiger charge is 2.21. The molecule has 3 N–H and O–H groups in total. The molecule has 0 fully saturated rings. The second kappa shape index (κ2) is 7.43. The van der Waals surface area contributed by atoms with E-state index >= 15 is 0 Å². The Labute approximate surface area is 117 Å². The topological polar surface area (TPSA) is 68.0 Å². The van der Waals surface area contributed by atoms with E-state index in [1.54, 1.807) is 17.5 Å². The van der Waals surface area contributed by atoms with Crippen LogP contribution in [0, 0.1) is 5.92 Å². The Kier molecular flexibility index (Phi) is 6.21. The summed E-state index contributed by atoms with van der Waals surface area (Å²) in [7, 11) is 0. The van der Waals surface area contributed by atoms with Gasteiger partial charge in [-0.25, -0.2) is 4.98 Å². The van der Waals surface area contributed by atoms with Crippen molar-refractivity contribution in [3.05, 3.63) is 16.6 Å². The van der Waals surface area contributed by atoms with Gasteiger partial charge in [-0.15, -0.1) is 11.3 Å². The van der Waals surface area contributed by atoms with Gasteiger partial charge in [0.1, 0.15) is 0 Å². The van der Waals surface area contributed by atoms with Crippen molar-refractivity contribution in [2.75, 3.05) is 6.54 Å². The number of hydrogen-bond donors (Lipinski definition) is 2. The lowest BCUT2D eigenvalue weighted by Gasteiger charge is -2.16. The molecule has 4 nitrogen and oxygen atoms in total. The van der Waals surface area contributed by atoms with Crippen LogP contribution < -0.4 is 11.1 Å². The normalized spacial score (nSPS) is 13.9. The molecular weight excluding hydrogens is 266 g/mol. The number of rotatable bonds is 7. The second-order valence-electron chi connectivity index (χ2n) is 4.26. The highest BCUT2D eigenvalue weighted by Crippen LogP contribution is 2.16. The molecule has 2 unspecified atom stereocenters. The van der Waals surface area contributed by atoms with Crippen LogP contribution in [0.4, 0.5) is 0 Å². The number of carbonyl (C=O) groups is 1. The second-order valence-corrected chi connectivity index (χ2v) is 5.66. The molecule has 0 saturated heterocycles. The van der Waals surface area contributed by atoms with Crippen molar-refractivity contribution in [3.63, 3.8) is 0 Å². The highest BCUT2D eigenvalue weighted by atomic mass is 32.1. The van der Waals surface area contributed by atoms with Crippen LogP contribution in [0.1, 0.15) is 37.6 Å². The number of nitrogens with zero attached hydrogens (tertiary/aromatic N) is 1. The highest BCUT2D eigenvalue weighted by molar-refractivity contribution is 7.80. The van der Waals surface area contributed by atoms with Crippen molar-refractivity contribution >= 4 is 34.5 Å². The van der Waals surface area contributed by atoms with Crippen LogP contribution in [0.5, 0.6) is 0 Å². The minimum atomic E-state index is -0.353. The Hall–Kier alpha value is -1.01. The van der Waals surface area contributed by atoms with E-state index in [1.165, 1.54) is 0 Å². The van der Waals surface area contributed by atoms with Gasteiger partial charge in [0.15, 0.2) is 0 Å². The van der Waals surface area contributed by atoms with E-state index in [-0.39, 0.29) is 22.7 Å². The first-order chi connectivity index (χ1) is 8.56. The molecule has 0 aliphatic heterocycles. The van der Waals surface area contributed by atoms with E-state index in [0.29, 0.717) is 13.0 Å². The Morgan fingerprint density at radius 1 is 1.67 bits per heavy atom. The van der Waals surface area contributed by atoms with E-state index in [4.69, 9.17) is 18.0 Å². The smallest absolute Gasteiger partial charge is 0.229 e. The summed E-state index contributed by atoms with van der Waals surface area (Å²) in [4.78, 5) is 16.5. The van der Waals surface area contributed by atoms with E-state index in [1.807, 2.05) is 19.2 Å². The predicted octanol–water partition coefficient (Wildman–Crippen LogP) is 2.07. The van der Waals surface area contributed by atoms with E-state index in [2.05, 4.69) is 10.3 Å². The first kappa shape index (κ1) is 15.0. The van der Waals surface area contributed by atoms with Gasteiger partial charge in [-0.05, 0) is 6.42 Å². The van der Waals surface area contributed by atoms with Gasteiger partial charge < -0.3 is 11.1 Å². The molecule has 0 aliphatic carbocycles. The third-order valence-corrected chi connectivity index (χ3v) is 3.98. The molecule has 0 aliphatic rings. The number of hydrogen-bond acceptors (Lipinski definition) is 4. The molecule has 1 rings (SSSR count). The van der Waals surface area contributed by atoms with E-state index in [9.17, 15) is 4.79 Å². The zero-order chi connectivity index (χ0) is 13.5. The van der Waals surface area contributed by atoms with Crippen molar-refractivity contribution in [1.82, 2.24) is 10.3 Å². The lowest BCUT2D eigenvalue weighted by Crippen LogP contribution is -2.39. The molecule has 0 aromatic carbocycles. The molecule has 0 bridgehead atoms. The fraction of sp³-hybridized carbons (Fsp3) is 0.583. The molecule has 100 valence electrons. The minimum Gasteiger partial charge on any atom is -0.393 e. The van der Waals surface area contributed by atoms with Crippen molar-refractivity contribution in [2.24, 2.45) is 11.7 Å². The SMILES string of the molecule is CCCC(C(=O)NCC(C)c1nccs1)C(N)=S. The van der Waals surface area contributed by atoms with E-state index < -0.39 is 0 Å². The minimum absolute atomic E-state index is 0.0762. The average molecular weight is 285 g/mol.